The van der Waals surface area contributed by atoms with E-state index < -0.39 is 0 Å². The van der Waals surface area contributed by atoms with Crippen molar-refractivity contribution in [3.05, 3.63) is 22.1 Å². The zero-order chi connectivity index (χ0) is 9.26. The van der Waals surface area contributed by atoms with Crippen molar-refractivity contribution in [3.8, 4) is 6.07 Å². The third-order valence-corrected chi connectivity index (χ3v) is 2.97. The minimum Gasteiger partial charge on any atom is -0.286 e. The first-order valence-electron chi connectivity index (χ1n) is 3.95. The summed E-state index contributed by atoms with van der Waals surface area (Å²) < 4.78 is 1.58. The van der Waals surface area contributed by atoms with Gasteiger partial charge in [0, 0.05) is 12.3 Å². The summed E-state index contributed by atoms with van der Waals surface area (Å²) in [5.41, 5.74) is -0.0778. The molecule has 0 saturated carbocycles. The summed E-state index contributed by atoms with van der Waals surface area (Å²) in [5.74, 6) is 0.998. The Labute approximate surface area is 79.2 Å². The molecule has 1 aromatic rings. The quantitative estimate of drug-likeness (QED) is 0.566. The van der Waals surface area contributed by atoms with Crippen molar-refractivity contribution in [2.24, 2.45) is 0 Å². The van der Waals surface area contributed by atoms with Gasteiger partial charge in [0.25, 0.3) is 5.56 Å². The highest BCUT2D eigenvalue weighted by Gasteiger charge is 2.13. The Balaban J connectivity index is 2.64. The van der Waals surface area contributed by atoms with E-state index >= 15 is 0 Å². The molecule has 1 aromatic heterocycles. The van der Waals surface area contributed by atoms with Gasteiger partial charge in [0.2, 0.25) is 0 Å². The lowest BCUT2D eigenvalue weighted by Gasteiger charge is -2.15. The van der Waals surface area contributed by atoms with E-state index in [2.05, 4.69) is 4.98 Å². The molecule has 2 rings (SSSR count). The van der Waals surface area contributed by atoms with Gasteiger partial charge in [-0.25, -0.2) is 4.98 Å². The van der Waals surface area contributed by atoms with E-state index in [0.29, 0.717) is 6.54 Å². The lowest BCUT2D eigenvalue weighted by molar-refractivity contribution is 0.561. The maximum absolute atomic E-state index is 11.5. The second-order valence-corrected chi connectivity index (χ2v) is 3.79. The van der Waals surface area contributed by atoms with Crippen molar-refractivity contribution in [1.29, 1.82) is 5.26 Å². The van der Waals surface area contributed by atoms with Crippen LogP contribution in [0.25, 0.3) is 0 Å². The molecule has 0 unspecified atom stereocenters. The van der Waals surface area contributed by atoms with Gasteiger partial charge in [0.1, 0.15) is 11.6 Å². The van der Waals surface area contributed by atoms with E-state index in [1.54, 1.807) is 16.3 Å². The van der Waals surface area contributed by atoms with E-state index in [1.807, 2.05) is 6.07 Å². The van der Waals surface area contributed by atoms with E-state index in [-0.39, 0.29) is 11.1 Å². The Hall–Kier alpha value is -1.28. The van der Waals surface area contributed by atoms with Crippen LogP contribution in [0, 0.1) is 11.3 Å². The fraction of sp³-hybridized carbons (Fsp3) is 0.375. The van der Waals surface area contributed by atoms with Crippen LogP contribution in [0.5, 0.6) is 0 Å². The fourth-order valence-corrected chi connectivity index (χ4v) is 2.17. The highest BCUT2D eigenvalue weighted by Crippen LogP contribution is 2.19. The fourth-order valence-electron chi connectivity index (χ4n) is 1.25. The summed E-state index contributed by atoms with van der Waals surface area (Å²) in [6.45, 7) is 0.684. The molecule has 0 N–H and O–H groups in total. The predicted molar refractivity (Wildman–Crippen MR) is 48.6 cm³/mol. The molecule has 4 nitrogen and oxygen atoms in total. The van der Waals surface area contributed by atoms with E-state index in [4.69, 9.17) is 5.26 Å². The molecule has 0 radical (unpaired) electrons. The molecule has 0 spiro atoms. The molecule has 0 atom stereocenters. The molecule has 2 heterocycles. The third kappa shape index (κ3) is 1.33. The van der Waals surface area contributed by atoms with Gasteiger partial charge in [0.15, 0.2) is 5.16 Å². The van der Waals surface area contributed by atoms with Crippen molar-refractivity contribution >= 4 is 11.8 Å². The van der Waals surface area contributed by atoms with Gasteiger partial charge < -0.3 is 0 Å². The van der Waals surface area contributed by atoms with Crippen LogP contribution in [0.1, 0.15) is 12.0 Å². The van der Waals surface area contributed by atoms with Gasteiger partial charge >= 0.3 is 0 Å². The second kappa shape index (κ2) is 3.23. The average molecular weight is 193 g/mol. The van der Waals surface area contributed by atoms with Crippen molar-refractivity contribution in [1.82, 2.24) is 9.55 Å². The number of aromatic nitrogens is 2. The van der Waals surface area contributed by atoms with Crippen LogP contribution in [0.2, 0.25) is 0 Å². The SMILES string of the molecule is N#Cc1cnc2n(c1=O)CCCS2. The number of thioether (sulfide) groups is 1. The molecule has 0 aromatic carbocycles. The molecule has 0 bridgehead atoms. The van der Waals surface area contributed by atoms with Crippen LogP contribution in [0.4, 0.5) is 0 Å². The Kier molecular flexibility index (Phi) is 2.07. The zero-order valence-electron chi connectivity index (χ0n) is 6.86. The molecule has 0 amide bonds. The Bertz CT molecular complexity index is 432. The third-order valence-electron chi connectivity index (χ3n) is 1.89. The molecule has 66 valence electrons. The van der Waals surface area contributed by atoms with Gasteiger partial charge in [-0.15, -0.1) is 0 Å². The van der Waals surface area contributed by atoms with Gasteiger partial charge in [-0.2, -0.15) is 5.26 Å². The maximum Gasteiger partial charge on any atom is 0.272 e. The van der Waals surface area contributed by atoms with E-state index in [9.17, 15) is 4.79 Å². The van der Waals surface area contributed by atoms with Crippen LogP contribution in [0.3, 0.4) is 0 Å². The number of rotatable bonds is 0. The van der Waals surface area contributed by atoms with Crippen LogP contribution in [-0.4, -0.2) is 15.3 Å². The van der Waals surface area contributed by atoms with Gasteiger partial charge in [-0.3, -0.25) is 9.36 Å². The van der Waals surface area contributed by atoms with Gasteiger partial charge in [-0.1, -0.05) is 11.8 Å². The average Bonchev–Trinajstić information content (AvgIpc) is 2.19. The molecule has 13 heavy (non-hydrogen) atoms. The molecular formula is C8H7N3OS. The lowest BCUT2D eigenvalue weighted by Crippen LogP contribution is -2.27. The Morgan fingerprint density at radius 3 is 3.31 bits per heavy atom. The molecule has 1 aliphatic rings. The van der Waals surface area contributed by atoms with Crippen molar-refractivity contribution in [2.75, 3.05) is 5.75 Å². The van der Waals surface area contributed by atoms with Crippen LogP contribution in [0.15, 0.2) is 16.1 Å². The number of nitrogens with zero attached hydrogens (tertiary/aromatic N) is 3. The molecule has 0 saturated heterocycles. The van der Waals surface area contributed by atoms with Crippen molar-refractivity contribution < 1.29 is 0 Å². The minimum absolute atomic E-state index is 0.131. The summed E-state index contributed by atoms with van der Waals surface area (Å²) in [6, 6.07) is 1.84. The largest absolute Gasteiger partial charge is 0.286 e. The summed E-state index contributed by atoms with van der Waals surface area (Å²) in [6.07, 6.45) is 2.32. The van der Waals surface area contributed by atoms with Crippen LogP contribution < -0.4 is 5.56 Å². The summed E-state index contributed by atoms with van der Waals surface area (Å²) in [5, 5.41) is 9.34. The first-order valence-corrected chi connectivity index (χ1v) is 4.94. The highest BCUT2D eigenvalue weighted by molar-refractivity contribution is 7.99. The van der Waals surface area contributed by atoms with Crippen LogP contribution >= 0.6 is 11.8 Å². The van der Waals surface area contributed by atoms with E-state index in [1.165, 1.54) is 6.20 Å². The second-order valence-electron chi connectivity index (χ2n) is 2.73. The molecular weight excluding hydrogens is 186 g/mol. The minimum atomic E-state index is -0.209. The smallest absolute Gasteiger partial charge is 0.272 e. The topological polar surface area (TPSA) is 58.7 Å². The maximum atomic E-state index is 11.5. The Morgan fingerprint density at radius 2 is 2.54 bits per heavy atom. The monoisotopic (exact) mass is 193 g/mol. The predicted octanol–water partition coefficient (Wildman–Crippen LogP) is 0.611. The Morgan fingerprint density at radius 1 is 1.69 bits per heavy atom. The molecule has 0 aliphatic carbocycles. The van der Waals surface area contributed by atoms with Crippen molar-refractivity contribution in [3.63, 3.8) is 0 Å². The summed E-state index contributed by atoms with van der Waals surface area (Å²) in [7, 11) is 0. The van der Waals surface area contributed by atoms with Crippen molar-refractivity contribution in [2.45, 2.75) is 18.1 Å². The number of hydrogen-bond donors (Lipinski definition) is 0. The molecule has 1 aliphatic heterocycles. The first kappa shape index (κ1) is 8.32. The number of fused-ring (bicyclic) bond motifs is 1. The normalized spacial score (nSPS) is 14.7. The van der Waals surface area contributed by atoms with Gasteiger partial charge in [-0.05, 0) is 6.42 Å². The molecule has 5 heteroatoms. The summed E-state index contributed by atoms with van der Waals surface area (Å²) in [4.78, 5) is 15.6. The summed E-state index contributed by atoms with van der Waals surface area (Å²) >= 11 is 1.56. The first-order chi connectivity index (χ1) is 6.33. The zero-order valence-corrected chi connectivity index (χ0v) is 7.67. The van der Waals surface area contributed by atoms with Crippen LogP contribution in [-0.2, 0) is 6.54 Å². The highest BCUT2D eigenvalue weighted by atomic mass is 32.2. The number of nitriles is 1. The van der Waals surface area contributed by atoms with E-state index in [0.717, 1.165) is 17.3 Å². The standard InChI is InChI=1S/C8H7N3OS/c9-4-6-5-10-8-11(7(6)12)2-1-3-13-8/h5H,1-3H2. The number of hydrogen-bond acceptors (Lipinski definition) is 4. The lowest BCUT2D eigenvalue weighted by atomic mass is 10.3. The molecule has 0 fully saturated rings. The van der Waals surface area contributed by atoms with Gasteiger partial charge in [0.05, 0.1) is 6.20 Å².